The Bertz CT molecular complexity index is 1210. The molecule has 0 spiro atoms. The van der Waals surface area contributed by atoms with Crippen LogP contribution in [0.25, 0.3) is 17.1 Å². The van der Waals surface area contributed by atoms with Crippen LogP contribution >= 0.6 is 0 Å². The van der Waals surface area contributed by atoms with Gasteiger partial charge in [0, 0.05) is 35.8 Å². The lowest BCUT2D eigenvalue weighted by molar-refractivity contribution is -0.119. The van der Waals surface area contributed by atoms with E-state index in [9.17, 15) is 26.4 Å². The number of carbonyl (C=O) groups excluding carboxylic acids is 1. The molecule has 1 aromatic carbocycles. The van der Waals surface area contributed by atoms with Crippen LogP contribution in [0.5, 0.6) is 0 Å². The van der Waals surface area contributed by atoms with Crippen LogP contribution in [-0.2, 0) is 20.7 Å². The number of hydrogen-bond donors (Lipinski definition) is 1. The van der Waals surface area contributed by atoms with Crippen LogP contribution in [0.1, 0.15) is 24.7 Å². The maximum absolute atomic E-state index is 14.0. The zero-order valence-electron chi connectivity index (χ0n) is 16.6. The Morgan fingerprint density at radius 3 is 2.45 bits per heavy atom. The number of carbonyl (C=O) groups is 1. The van der Waals surface area contributed by atoms with Crippen LogP contribution < -0.4 is 4.72 Å². The quantitative estimate of drug-likeness (QED) is 0.592. The van der Waals surface area contributed by atoms with E-state index < -0.39 is 34.2 Å². The highest BCUT2D eigenvalue weighted by molar-refractivity contribution is 7.90. The number of benzene rings is 1. The highest BCUT2D eigenvalue weighted by Crippen LogP contribution is 2.33. The first-order valence-corrected chi connectivity index (χ1v) is 10.7. The third kappa shape index (κ3) is 4.61. The Morgan fingerprint density at radius 2 is 1.87 bits per heavy atom. The summed E-state index contributed by atoms with van der Waals surface area (Å²) >= 11 is 0. The van der Waals surface area contributed by atoms with Gasteiger partial charge in [0.2, 0.25) is 5.91 Å². The van der Waals surface area contributed by atoms with Crippen molar-refractivity contribution in [3.05, 3.63) is 60.2 Å². The molecule has 0 bridgehead atoms. The van der Waals surface area contributed by atoms with Gasteiger partial charge in [-0.1, -0.05) is 6.92 Å². The second-order valence-electron chi connectivity index (χ2n) is 6.67. The van der Waals surface area contributed by atoms with Gasteiger partial charge in [-0.25, -0.2) is 22.5 Å². The average Bonchev–Trinajstić information content (AvgIpc) is 3.20. The lowest BCUT2D eigenvalue weighted by atomic mass is 10.2. The van der Waals surface area contributed by atoms with Crippen LogP contribution in [0.4, 0.5) is 13.2 Å². The van der Waals surface area contributed by atoms with Crippen LogP contribution in [-0.4, -0.2) is 35.5 Å². The number of pyridine rings is 1. The van der Waals surface area contributed by atoms with Gasteiger partial charge in [-0.15, -0.1) is 0 Å². The maximum Gasteiger partial charge on any atom is 0.318 e. The van der Waals surface area contributed by atoms with Gasteiger partial charge in [0.05, 0.1) is 4.90 Å². The van der Waals surface area contributed by atoms with Crippen molar-refractivity contribution in [1.82, 2.24) is 19.3 Å². The van der Waals surface area contributed by atoms with E-state index in [1.54, 1.807) is 19.1 Å². The van der Waals surface area contributed by atoms with E-state index in [4.69, 9.17) is 0 Å². The van der Waals surface area contributed by atoms with Crippen molar-refractivity contribution in [1.29, 1.82) is 0 Å². The summed E-state index contributed by atoms with van der Waals surface area (Å²) in [5.41, 5.74) is 0.522. The number of nitrogens with zero attached hydrogens (tertiary/aromatic N) is 3. The average molecular weight is 452 g/mol. The fourth-order valence-corrected chi connectivity index (χ4v) is 3.86. The number of imidazole rings is 1. The topological polar surface area (TPSA) is 94.0 Å². The third-order valence-corrected chi connectivity index (χ3v) is 5.88. The molecule has 164 valence electrons. The SMILES string of the molecule is CCC(=O)NS(=O)(=O)c1ccc(-n2cc(C(F)(F)CF)nc2-c2cccnc2C)cc1. The second-order valence-corrected chi connectivity index (χ2v) is 8.35. The molecule has 0 aliphatic heterocycles. The monoisotopic (exact) mass is 452 g/mol. The number of nitrogens with one attached hydrogen (secondary N) is 1. The van der Waals surface area contributed by atoms with E-state index in [0.717, 1.165) is 6.20 Å². The molecular weight excluding hydrogens is 433 g/mol. The minimum atomic E-state index is -4.07. The first-order chi connectivity index (χ1) is 14.6. The number of alkyl halides is 3. The van der Waals surface area contributed by atoms with Crippen molar-refractivity contribution in [3.63, 3.8) is 0 Å². The lowest BCUT2D eigenvalue weighted by Crippen LogP contribution is -2.29. The Labute approximate surface area is 177 Å². The third-order valence-electron chi connectivity index (χ3n) is 4.49. The molecule has 1 amide bonds. The van der Waals surface area contributed by atoms with E-state index in [1.165, 1.54) is 42.0 Å². The van der Waals surface area contributed by atoms with Gasteiger partial charge in [-0.3, -0.25) is 14.3 Å². The zero-order valence-corrected chi connectivity index (χ0v) is 17.5. The largest absolute Gasteiger partial charge is 0.318 e. The fraction of sp³-hybridized carbons (Fsp3) is 0.250. The number of aryl methyl sites for hydroxylation is 1. The number of rotatable bonds is 7. The highest BCUT2D eigenvalue weighted by atomic mass is 32.2. The van der Waals surface area contributed by atoms with E-state index in [-0.39, 0.29) is 17.1 Å². The predicted octanol–water partition coefficient (Wildman–Crippen LogP) is 3.52. The van der Waals surface area contributed by atoms with Gasteiger partial charge in [-0.2, -0.15) is 8.78 Å². The second kappa shape index (κ2) is 8.50. The summed E-state index contributed by atoms with van der Waals surface area (Å²) in [5.74, 6) is -4.35. The molecule has 0 aliphatic carbocycles. The summed E-state index contributed by atoms with van der Waals surface area (Å²) in [6, 6.07) is 8.46. The standard InChI is InChI=1S/C20H19F3N4O3S/c1-3-18(28)26-31(29,30)15-8-6-14(7-9-15)27-11-17(20(22,23)12-21)25-19(27)16-5-4-10-24-13(16)2/h4-11H,3,12H2,1-2H3,(H,26,28). The normalized spacial score (nSPS) is 12.0. The van der Waals surface area contributed by atoms with Gasteiger partial charge < -0.3 is 0 Å². The molecule has 0 saturated carbocycles. The Balaban J connectivity index is 2.10. The molecule has 0 aliphatic rings. The molecule has 31 heavy (non-hydrogen) atoms. The fourth-order valence-electron chi connectivity index (χ4n) is 2.80. The smallest absolute Gasteiger partial charge is 0.299 e. The lowest BCUT2D eigenvalue weighted by Gasteiger charge is -2.11. The number of aromatic nitrogens is 3. The van der Waals surface area contributed by atoms with Gasteiger partial charge >= 0.3 is 5.92 Å². The van der Waals surface area contributed by atoms with E-state index in [0.29, 0.717) is 16.9 Å². The van der Waals surface area contributed by atoms with Gasteiger partial charge in [0.15, 0.2) is 6.67 Å². The molecule has 7 nitrogen and oxygen atoms in total. The minimum absolute atomic E-state index is 0.00820. The molecule has 0 radical (unpaired) electrons. The Kier molecular flexibility index (Phi) is 6.16. The summed E-state index contributed by atoms with van der Waals surface area (Å²) in [7, 11) is -4.07. The molecule has 11 heteroatoms. The summed E-state index contributed by atoms with van der Waals surface area (Å²) in [4.78, 5) is 19.3. The van der Waals surface area contributed by atoms with Gasteiger partial charge in [0.1, 0.15) is 11.5 Å². The summed E-state index contributed by atoms with van der Waals surface area (Å²) in [6.45, 7) is 1.27. The predicted molar refractivity (Wildman–Crippen MR) is 107 cm³/mol. The molecule has 1 N–H and O–H groups in total. The molecule has 2 heterocycles. The number of sulfonamides is 1. The maximum atomic E-state index is 14.0. The highest BCUT2D eigenvalue weighted by Gasteiger charge is 2.36. The minimum Gasteiger partial charge on any atom is -0.299 e. The van der Waals surface area contributed by atoms with Crippen LogP contribution in [0.15, 0.2) is 53.7 Å². The van der Waals surface area contributed by atoms with Crippen molar-refractivity contribution in [2.45, 2.75) is 31.1 Å². The summed E-state index contributed by atoms with van der Waals surface area (Å²) in [5, 5.41) is 0. The molecule has 0 fully saturated rings. The molecule has 2 aromatic heterocycles. The molecule has 0 unspecified atom stereocenters. The van der Waals surface area contributed by atoms with Crippen molar-refractivity contribution in [2.75, 3.05) is 6.67 Å². The molecule has 3 rings (SSSR count). The van der Waals surface area contributed by atoms with Crippen molar-refractivity contribution < 1.29 is 26.4 Å². The van der Waals surface area contributed by atoms with Gasteiger partial charge in [-0.05, 0) is 43.3 Å². The summed E-state index contributed by atoms with van der Waals surface area (Å²) < 4.78 is 68.6. The Morgan fingerprint density at radius 1 is 1.19 bits per heavy atom. The van der Waals surface area contributed by atoms with E-state index in [2.05, 4.69) is 9.97 Å². The van der Waals surface area contributed by atoms with Crippen LogP contribution in [0.3, 0.4) is 0 Å². The first kappa shape index (κ1) is 22.5. The Hall–Kier alpha value is -3.21. The number of amides is 1. The molecule has 3 aromatic rings. The molecular formula is C20H19F3N4O3S. The molecule has 0 saturated heterocycles. The van der Waals surface area contributed by atoms with Crippen molar-refractivity contribution in [2.24, 2.45) is 0 Å². The molecule has 0 atom stereocenters. The van der Waals surface area contributed by atoms with Gasteiger partial charge in [0.25, 0.3) is 10.0 Å². The van der Waals surface area contributed by atoms with Crippen molar-refractivity contribution in [3.8, 4) is 17.1 Å². The van der Waals surface area contributed by atoms with E-state index in [1.807, 2.05) is 4.72 Å². The van der Waals surface area contributed by atoms with Crippen LogP contribution in [0, 0.1) is 6.92 Å². The number of halogens is 3. The summed E-state index contributed by atoms with van der Waals surface area (Å²) in [6.07, 6.45) is 2.53. The zero-order chi connectivity index (χ0) is 22.8. The first-order valence-electron chi connectivity index (χ1n) is 9.20. The number of hydrogen-bond acceptors (Lipinski definition) is 5. The van der Waals surface area contributed by atoms with Crippen molar-refractivity contribution >= 4 is 15.9 Å². The van der Waals surface area contributed by atoms with E-state index >= 15 is 0 Å². The van der Waals surface area contributed by atoms with Crippen LogP contribution in [0.2, 0.25) is 0 Å².